The summed E-state index contributed by atoms with van der Waals surface area (Å²) in [4.78, 5) is 16.0. The summed E-state index contributed by atoms with van der Waals surface area (Å²) in [7, 11) is 1.51. The van der Waals surface area contributed by atoms with Gasteiger partial charge in [0.05, 0.1) is 23.4 Å². The zero-order valence-electron chi connectivity index (χ0n) is 15.7. The van der Waals surface area contributed by atoms with E-state index in [1.54, 1.807) is 36.4 Å². The van der Waals surface area contributed by atoms with Gasteiger partial charge in [-0.1, -0.05) is 23.7 Å². The van der Waals surface area contributed by atoms with Crippen molar-refractivity contribution in [2.24, 2.45) is 5.10 Å². The van der Waals surface area contributed by atoms with Gasteiger partial charge in [-0.05, 0) is 63.5 Å². The Kier molecular flexibility index (Phi) is 7.37. The third-order valence-corrected chi connectivity index (χ3v) is 4.82. The number of nitrogens with one attached hydrogen (secondary N) is 1. The molecule has 6 nitrogen and oxygen atoms in total. The molecule has 0 bridgehead atoms. The number of rotatable bonds is 7. The van der Waals surface area contributed by atoms with Crippen LogP contribution in [0.2, 0.25) is 5.15 Å². The summed E-state index contributed by atoms with van der Waals surface area (Å²) in [5, 5.41) is 4.04. The first kappa shape index (κ1) is 21.7. The number of hydrogen-bond donors (Lipinski definition) is 1. The van der Waals surface area contributed by atoms with Crippen LogP contribution in [0.4, 0.5) is 4.39 Å². The molecule has 9 heteroatoms. The Morgan fingerprint density at radius 2 is 2.07 bits per heavy atom. The number of carbonyl (C=O) groups is 1. The highest BCUT2D eigenvalue weighted by atomic mass is 79.9. The molecule has 1 aromatic heterocycles. The third-order valence-electron chi connectivity index (χ3n) is 3.93. The molecule has 3 aromatic rings. The van der Waals surface area contributed by atoms with Crippen molar-refractivity contribution in [1.29, 1.82) is 0 Å². The average molecular weight is 493 g/mol. The average Bonchev–Trinajstić information content (AvgIpc) is 2.74. The molecule has 1 N–H and O–H groups in total. The van der Waals surface area contributed by atoms with E-state index in [2.05, 4.69) is 31.4 Å². The van der Waals surface area contributed by atoms with Gasteiger partial charge in [-0.3, -0.25) is 4.79 Å². The first-order chi connectivity index (χ1) is 14.5. The molecule has 1 amide bonds. The minimum Gasteiger partial charge on any atom is -0.493 e. The molecule has 0 aliphatic rings. The number of amides is 1. The second-order valence-electron chi connectivity index (χ2n) is 5.99. The molecule has 1 heterocycles. The number of hydrogen-bond acceptors (Lipinski definition) is 5. The maximum atomic E-state index is 13.0. The van der Waals surface area contributed by atoms with Crippen molar-refractivity contribution in [3.8, 4) is 11.5 Å². The molecule has 3 rings (SSSR count). The van der Waals surface area contributed by atoms with E-state index in [1.807, 2.05) is 0 Å². The molecule has 0 unspecified atom stereocenters. The number of pyridine rings is 1. The maximum absolute atomic E-state index is 13.0. The van der Waals surface area contributed by atoms with Gasteiger partial charge in [0, 0.05) is 6.20 Å². The molecule has 0 atom stereocenters. The standard InChI is InChI=1S/C21H16BrClFN3O3/c1-29-18-10-14(11-26-27-21(28)16-3-2-8-25-20(16)23)9-17(22)19(18)30-12-13-4-6-15(24)7-5-13/h2-11H,12H2,1H3,(H,27,28). The smallest absolute Gasteiger partial charge is 0.274 e. The summed E-state index contributed by atoms with van der Waals surface area (Å²) < 4.78 is 24.9. The molecule has 0 aliphatic carbocycles. The van der Waals surface area contributed by atoms with Crippen LogP contribution >= 0.6 is 27.5 Å². The molecular weight excluding hydrogens is 477 g/mol. The van der Waals surface area contributed by atoms with Gasteiger partial charge in [0.2, 0.25) is 0 Å². The van der Waals surface area contributed by atoms with Gasteiger partial charge in [0.1, 0.15) is 17.6 Å². The second kappa shape index (κ2) is 10.2. The van der Waals surface area contributed by atoms with Crippen molar-refractivity contribution < 1.29 is 18.7 Å². The molecule has 0 aliphatic heterocycles. The lowest BCUT2D eigenvalue weighted by molar-refractivity contribution is 0.0955. The molecule has 154 valence electrons. The number of aromatic nitrogens is 1. The van der Waals surface area contributed by atoms with Crippen LogP contribution in [0.1, 0.15) is 21.5 Å². The van der Waals surface area contributed by atoms with E-state index in [0.717, 1.165) is 5.56 Å². The molecule has 0 saturated heterocycles. The van der Waals surface area contributed by atoms with E-state index in [0.29, 0.717) is 21.5 Å². The van der Waals surface area contributed by atoms with Crippen LogP contribution in [0.15, 0.2) is 64.3 Å². The number of halogens is 3. The highest BCUT2D eigenvalue weighted by Crippen LogP contribution is 2.36. The minimum atomic E-state index is -0.477. The Morgan fingerprint density at radius 3 is 2.77 bits per heavy atom. The highest BCUT2D eigenvalue weighted by molar-refractivity contribution is 9.10. The quantitative estimate of drug-likeness (QED) is 0.287. The zero-order chi connectivity index (χ0) is 21.5. The summed E-state index contributed by atoms with van der Waals surface area (Å²) in [6.45, 7) is 0.241. The van der Waals surface area contributed by atoms with Crippen LogP contribution in [0.25, 0.3) is 0 Å². The molecule has 0 saturated carbocycles. The van der Waals surface area contributed by atoms with Crippen LogP contribution in [0.5, 0.6) is 11.5 Å². The lowest BCUT2D eigenvalue weighted by Crippen LogP contribution is -2.18. The van der Waals surface area contributed by atoms with Crippen LogP contribution < -0.4 is 14.9 Å². The number of hydrazone groups is 1. The normalized spacial score (nSPS) is 10.8. The monoisotopic (exact) mass is 491 g/mol. The lowest BCUT2D eigenvalue weighted by atomic mass is 10.2. The summed E-state index contributed by atoms with van der Waals surface area (Å²) >= 11 is 9.35. The van der Waals surface area contributed by atoms with Crippen LogP contribution in [-0.4, -0.2) is 24.2 Å². The minimum absolute atomic E-state index is 0.0947. The van der Waals surface area contributed by atoms with Gasteiger partial charge in [-0.2, -0.15) is 5.10 Å². The Hall–Kier alpha value is -2.97. The van der Waals surface area contributed by atoms with Gasteiger partial charge in [-0.15, -0.1) is 0 Å². The van der Waals surface area contributed by atoms with E-state index in [9.17, 15) is 9.18 Å². The molecular formula is C21H16BrClFN3O3. The molecule has 2 aromatic carbocycles. The van der Waals surface area contributed by atoms with Crippen LogP contribution in [0.3, 0.4) is 0 Å². The summed E-state index contributed by atoms with van der Waals surface area (Å²) in [5.74, 6) is 0.174. The Balaban J connectivity index is 1.70. The van der Waals surface area contributed by atoms with Crippen molar-refractivity contribution in [3.63, 3.8) is 0 Å². The maximum Gasteiger partial charge on any atom is 0.274 e. The lowest BCUT2D eigenvalue weighted by Gasteiger charge is -2.13. The van der Waals surface area contributed by atoms with Crippen molar-refractivity contribution in [3.05, 3.63) is 86.9 Å². The Bertz CT molecular complexity index is 1080. The third kappa shape index (κ3) is 5.55. The van der Waals surface area contributed by atoms with Gasteiger partial charge >= 0.3 is 0 Å². The summed E-state index contributed by atoms with van der Waals surface area (Å²) in [6.07, 6.45) is 2.95. The number of methoxy groups -OCH3 is 1. The van der Waals surface area contributed by atoms with Gasteiger partial charge in [-0.25, -0.2) is 14.8 Å². The predicted molar refractivity (Wildman–Crippen MR) is 116 cm³/mol. The Labute approximate surface area is 185 Å². The van der Waals surface area contributed by atoms with Crippen molar-refractivity contribution in [1.82, 2.24) is 10.4 Å². The molecule has 0 spiro atoms. The van der Waals surface area contributed by atoms with E-state index < -0.39 is 5.91 Å². The van der Waals surface area contributed by atoms with E-state index in [1.165, 1.54) is 31.7 Å². The molecule has 30 heavy (non-hydrogen) atoms. The number of benzene rings is 2. The van der Waals surface area contributed by atoms with E-state index in [4.69, 9.17) is 21.1 Å². The summed E-state index contributed by atoms with van der Waals surface area (Å²) in [5.41, 5.74) is 4.09. The highest BCUT2D eigenvalue weighted by Gasteiger charge is 2.12. The number of ether oxygens (including phenoxy) is 2. The fourth-order valence-electron chi connectivity index (χ4n) is 2.47. The van der Waals surface area contributed by atoms with Crippen molar-refractivity contribution >= 4 is 39.7 Å². The van der Waals surface area contributed by atoms with Gasteiger partial charge in [0.15, 0.2) is 11.5 Å². The zero-order valence-corrected chi connectivity index (χ0v) is 18.1. The Morgan fingerprint density at radius 1 is 1.30 bits per heavy atom. The summed E-state index contributed by atoms with van der Waals surface area (Å²) in [6, 6.07) is 12.7. The largest absolute Gasteiger partial charge is 0.493 e. The fraction of sp³-hybridized carbons (Fsp3) is 0.0952. The topological polar surface area (TPSA) is 72.8 Å². The SMILES string of the molecule is COc1cc(C=NNC(=O)c2cccnc2Cl)cc(Br)c1OCc1ccc(F)cc1. The molecule has 0 fully saturated rings. The van der Waals surface area contributed by atoms with Crippen molar-refractivity contribution in [2.75, 3.05) is 7.11 Å². The van der Waals surface area contributed by atoms with E-state index >= 15 is 0 Å². The second-order valence-corrected chi connectivity index (χ2v) is 7.20. The fourth-order valence-corrected chi connectivity index (χ4v) is 3.25. The number of nitrogens with zero attached hydrogens (tertiary/aromatic N) is 2. The van der Waals surface area contributed by atoms with Gasteiger partial charge < -0.3 is 9.47 Å². The first-order valence-electron chi connectivity index (χ1n) is 8.66. The molecule has 0 radical (unpaired) electrons. The van der Waals surface area contributed by atoms with E-state index in [-0.39, 0.29) is 23.1 Å². The predicted octanol–water partition coefficient (Wildman–Crippen LogP) is 4.99. The first-order valence-corrected chi connectivity index (χ1v) is 9.83. The van der Waals surface area contributed by atoms with Crippen molar-refractivity contribution in [2.45, 2.75) is 6.61 Å². The van der Waals surface area contributed by atoms with Gasteiger partial charge in [0.25, 0.3) is 5.91 Å². The van der Waals surface area contributed by atoms with Crippen LogP contribution in [-0.2, 0) is 6.61 Å². The van der Waals surface area contributed by atoms with Crippen LogP contribution in [0, 0.1) is 5.82 Å². The number of carbonyl (C=O) groups excluding carboxylic acids is 1.